The average molecular weight is 576 g/mol. The van der Waals surface area contributed by atoms with Gasteiger partial charge in [0, 0.05) is 35.9 Å². The number of rotatable bonds is 7. The van der Waals surface area contributed by atoms with Gasteiger partial charge in [0.25, 0.3) is 5.91 Å². The van der Waals surface area contributed by atoms with Gasteiger partial charge in [-0.05, 0) is 74.5 Å². The number of ketones is 3. The zero-order valence-electron chi connectivity index (χ0n) is 23.5. The number of primary amides is 1. The van der Waals surface area contributed by atoms with E-state index in [1.54, 1.807) is 38.5 Å². The van der Waals surface area contributed by atoms with E-state index >= 15 is 0 Å². The molecule has 1 heterocycles. The van der Waals surface area contributed by atoms with Gasteiger partial charge in [-0.15, -0.1) is 0 Å². The smallest absolute Gasteiger partial charge is 0.255 e. The van der Waals surface area contributed by atoms with Crippen LogP contribution in [-0.4, -0.2) is 79.3 Å². The molecule has 1 fully saturated rings. The lowest BCUT2D eigenvalue weighted by molar-refractivity contribution is -0.153. The molecule has 11 heteroatoms. The predicted molar refractivity (Wildman–Crippen MR) is 151 cm³/mol. The predicted octanol–water partition coefficient (Wildman–Crippen LogP) is 1.74. The Morgan fingerprint density at radius 2 is 1.88 bits per heavy atom. The molecule has 0 saturated heterocycles. The van der Waals surface area contributed by atoms with Gasteiger partial charge < -0.3 is 26.2 Å². The zero-order chi connectivity index (χ0) is 30.7. The van der Waals surface area contributed by atoms with Gasteiger partial charge in [0.15, 0.2) is 17.2 Å². The molecule has 3 aliphatic rings. The number of amides is 1. The third-order valence-electron chi connectivity index (χ3n) is 8.88. The van der Waals surface area contributed by atoms with Crippen molar-refractivity contribution < 1.29 is 39.6 Å². The van der Waals surface area contributed by atoms with Crippen LogP contribution in [0.2, 0.25) is 0 Å². The molecule has 1 saturated carbocycles. The molecule has 11 nitrogen and oxygen atoms in total. The summed E-state index contributed by atoms with van der Waals surface area (Å²) in [6, 6.07) is 3.96. The van der Waals surface area contributed by atoms with Crippen molar-refractivity contribution >= 4 is 29.0 Å². The molecular formula is C31H33N3O8. The van der Waals surface area contributed by atoms with E-state index in [2.05, 4.69) is 4.98 Å². The molecule has 0 radical (unpaired) electrons. The maximum absolute atomic E-state index is 14.0. The van der Waals surface area contributed by atoms with Gasteiger partial charge in [-0.25, -0.2) is 0 Å². The number of aliphatic hydroxyl groups excluding tert-OH is 2. The Hall–Kier alpha value is -4.35. The number of hydrogen-bond donors (Lipinski definition) is 5. The van der Waals surface area contributed by atoms with Crippen LogP contribution in [0.3, 0.4) is 0 Å². The molecule has 220 valence electrons. The Bertz CT molecular complexity index is 1590. The summed E-state index contributed by atoms with van der Waals surface area (Å²) in [5, 5.41) is 45.6. The number of aromatic nitrogens is 1. The first-order valence-electron chi connectivity index (χ1n) is 13.8. The summed E-state index contributed by atoms with van der Waals surface area (Å²) in [5.41, 5.74) is 3.93. The van der Waals surface area contributed by atoms with Crippen molar-refractivity contribution in [2.75, 3.05) is 14.1 Å². The molecular weight excluding hydrogens is 542 g/mol. The third-order valence-corrected chi connectivity index (χ3v) is 8.88. The number of aliphatic hydroxyl groups is 3. The van der Waals surface area contributed by atoms with Gasteiger partial charge in [-0.2, -0.15) is 0 Å². The summed E-state index contributed by atoms with van der Waals surface area (Å²) in [6.07, 6.45) is 4.03. The van der Waals surface area contributed by atoms with Gasteiger partial charge in [0.2, 0.25) is 5.78 Å². The third kappa shape index (κ3) is 4.23. The fourth-order valence-corrected chi connectivity index (χ4v) is 6.88. The number of nitrogens with zero attached hydrogens (tertiary/aromatic N) is 2. The second kappa shape index (κ2) is 10.5. The van der Waals surface area contributed by atoms with Crippen LogP contribution in [0.4, 0.5) is 0 Å². The molecule has 42 heavy (non-hydrogen) atoms. The molecule has 0 aliphatic heterocycles. The number of phenols is 1. The number of benzene rings is 1. The van der Waals surface area contributed by atoms with E-state index in [4.69, 9.17) is 5.73 Å². The highest BCUT2D eigenvalue weighted by Crippen LogP contribution is 2.53. The quantitative estimate of drug-likeness (QED) is 0.240. The monoisotopic (exact) mass is 575 g/mol. The number of phenolic OH excluding ortho intramolecular Hbond substituents is 1. The van der Waals surface area contributed by atoms with Crippen LogP contribution in [0, 0.1) is 11.8 Å². The van der Waals surface area contributed by atoms with E-state index in [1.807, 2.05) is 6.92 Å². The number of carbonyl (C=O) groups is 4. The number of aryl methyl sites for hydroxylation is 2. The highest BCUT2D eigenvalue weighted by Gasteiger charge is 2.64. The molecule has 6 N–H and O–H groups in total. The minimum Gasteiger partial charge on any atom is -0.508 e. The van der Waals surface area contributed by atoms with Crippen molar-refractivity contribution in [3.05, 3.63) is 75.3 Å². The van der Waals surface area contributed by atoms with Crippen molar-refractivity contribution in [1.29, 1.82) is 0 Å². The van der Waals surface area contributed by atoms with Crippen molar-refractivity contribution in [3.8, 4) is 5.75 Å². The van der Waals surface area contributed by atoms with Crippen molar-refractivity contribution in [3.63, 3.8) is 0 Å². The molecule has 3 aliphatic carbocycles. The fraction of sp³-hybridized carbons (Fsp3) is 0.387. The lowest BCUT2D eigenvalue weighted by Crippen LogP contribution is -2.65. The largest absolute Gasteiger partial charge is 0.508 e. The number of aromatic hydroxyl groups is 1. The van der Waals surface area contributed by atoms with Crippen molar-refractivity contribution in [2.45, 2.75) is 50.7 Å². The number of pyridine rings is 1. The number of Topliss-reactive ketones (excluding diaryl/α,β-unsaturated/α-hetero) is 3. The van der Waals surface area contributed by atoms with Crippen LogP contribution >= 0.6 is 0 Å². The Morgan fingerprint density at radius 1 is 1.17 bits per heavy atom. The van der Waals surface area contributed by atoms with Crippen molar-refractivity contribution in [2.24, 2.45) is 17.6 Å². The maximum atomic E-state index is 14.0. The number of fused-ring (bicyclic) bond motifs is 3. The standard InChI is InChI=1S/C31H33N3O8/c1-4-14-10-15(7-8-20(35)16-6-5-9-33-13-16)25(36)22-18(14)11-17-12-19-24(34(2)3)27(38)23(30(32)41)29(40)31(19,42)28(39)21(17)26(22)37/h5-6,9-10,13,17,19,24,36-37,40,42H,4,7-8,11-12H2,1-3H3,(H2,32,41). The summed E-state index contributed by atoms with van der Waals surface area (Å²) in [7, 11) is 3.11. The van der Waals surface area contributed by atoms with Crippen LogP contribution in [-0.2, 0) is 33.6 Å². The Morgan fingerprint density at radius 3 is 2.48 bits per heavy atom. The molecule has 2 aromatic rings. The minimum absolute atomic E-state index is 0.0248. The van der Waals surface area contributed by atoms with Gasteiger partial charge in [-0.3, -0.25) is 29.1 Å². The van der Waals surface area contributed by atoms with Crippen LogP contribution < -0.4 is 5.73 Å². The second-order valence-corrected chi connectivity index (χ2v) is 11.4. The normalized spacial score (nSPS) is 25.3. The van der Waals surface area contributed by atoms with E-state index < -0.39 is 58.0 Å². The first-order valence-corrected chi connectivity index (χ1v) is 13.8. The van der Waals surface area contributed by atoms with Crippen LogP contribution in [0.1, 0.15) is 52.4 Å². The summed E-state index contributed by atoms with van der Waals surface area (Å²) in [5.74, 6) is -7.04. The van der Waals surface area contributed by atoms with Crippen molar-refractivity contribution in [1.82, 2.24) is 9.88 Å². The van der Waals surface area contributed by atoms with Gasteiger partial charge in [0.05, 0.1) is 11.6 Å². The van der Waals surface area contributed by atoms with E-state index in [1.165, 1.54) is 11.1 Å². The molecule has 5 rings (SSSR count). The number of nitrogens with two attached hydrogens (primary N) is 1. The molecule has 1 aromatic carbocycles. The van der Waals surface area contributed by atoms with Gasteiger partial charge in [0.1, 0.15) is 22.8 Å². The molecule has 0 spiro atoms. The van der Waals surface area contributed by atoms with Gasteiger partial charge >= 0.3 is 0 Å². The lowest BCUT2D eigenvalue weighted by atomic mass is 9.57. The number of hydrogen-bond acceptors (Lipinski definition) is 10. The first kappa shape index (κ1) is 29.2. The molecule has 0 bridgehead atoms. The summed E-state index contributed by atoms with van der Waals surface area (Å²) in [6.45, 7) is 1.91. The lowest BCUT2D eigenvalue weighted by Gasteiger charge is -2.50. The fourth-order valence-electron chi connectivity index (χ4n) is 6.88. The molecule has 4 unspecified atom stereocenters. The summed E-state index contributed by atoms with van der Waals surface area (Å²) >= 11 is 0. The zero-order valence-corrected chi connectivity index (χ0v) is 23.5. The summed E-state index contributed by atoms with van der Waals surface area (Å²) in [4.78, 5) is 57.5. The molecule has 4 atom stereocenters. The van der Waals surface area contributed by atoms with E-state index in [0.717, 1.165) is 5.56 Å². The van der Waals surface area contributed by atoms with E-state index in [-0.39, 0.29) is 48.4 Å². The Kier molecular flexibility index (Phi) is 7.28. The SMILES string of the molecule is CCc1cc(CCC(=O)c2cccnc2)c(O)c2c1CC1CC3C(N(C)C)C(=O)C(C(N)=O)=C(O)C3(O)C(=O)C1=C2O. The van der Waals surface area contributed by atoms with Crippen LogP contribution in [0.25, 0.3) is 5.76 Å². The summed E-state index contributed by atoms with van der Waals surface area (Å²) < 4.78 is 0. The maximum Gasteiger partial charge on any atom is 0.255 e. The van der Waals surface area contributed by atoms with E-state index in [9.17, 15) is 39.6 Å². The highest BCUT2D eigenvalue weighted by atomic mass is 16.3. The minimum atomic E-state index is -2.69. The van der Waals surface area contributed by atoms with Gasteiger partial charge in [-0.1, -0.05) is 13.0 Å². The van der Waals surface area contributed by atoms with Crippen LogP contribution in [0.15, 0.2) is 47.5 Å². The van der Waals surface area contributed by atoms with Crippen LogP contribution in [0.5, 0.6) is 5.75 Å². The second-order valence-electron chi connectivity index (χ2n) is 11.4. The van der Waals surface area contributed by atoms with E-state index in [0.29, 0.717) is 23.1 Å². The Labute approximate surface area is 242 Å². The Balaban J connectivity index is 1.62. The highest BCUT2D eigenvalue weighted by molar-refractivity contribution is 6.24. The molecule has 1 aromatic heterocycles. The average Bonchev–Trinajstić information content (AvgIpc) is 2.94. The topological polar surface area (TPSA) is 191 Å². The number of likely N-dealkylation sites (N-methyl/N-ethyl adjacent to an activating group) is 1. The first-order chi connectivity index (χ1) is 19.8. The number of carbonyl (C=O) groups excluding carboxylic acids is 4. The molecule has 1 amide bonds.